The van der Waals surface area contributed by atoms with Gasteiger partial charge in [0.25, 0.3) is 0 Å². The molecule has 1 aromatic rings. The molecule has 2 nitrogen and oxygen atoms in total. The molecule has 1 fully saturated rings. The van der Waals surface area contributed by atoms with Crippen LogP contribution in [0.4, 0.5) is 0 Å². The van der Waals surface area contributed by atoms with Gasteiger partial charge in [-0.25, -0.2) is 0 Å². The molecule has 0 amide bonds. The molecule has 1 aliphatic rings. The molecule has 1 atom stereocenters. The van der Waals surface area contributed by atoms with Gasteiger partial charge in [-0.3, -0.25) is 0 Å². The highest BCUT2D eigenvalue weighted by Gasteiger charge is 2.13. The van der Waals surface area contributed by atoms with Crippen molar-refractivity contribution in [3.63, 3.8) is 0 Å². The second-order valence-electron chi connectivity index (χ2n) is 4.87. The number of hydrogen-bond acceptors (Lipinski definition) is 2. The molecule has 0 spiro atoms. The zero-order valence-electron chi connectivity index (χ0n) is 10.2. The van der Waals surface area contributed by atoms with Gasteiger partial charge >= 0.3 is 0 Å². The molecule has 3 heteroatoms. The highest BCUT2D eigenvalue weighted by Crippen LogP contribution is 2.17. The Bertz CT molecular complexity index is 329. The first-order valence-electron chi connectivity index (χ1n) is 6.49. The molecule has 0 saturated carbocycles. The molecule has 1 aliphatic heterocycles. The van der Waals surface area contributed by atoms with E-state index in [1.54, 1.807) is 0 Å². The van der Waals surface area contributed by atoms with Crippen LogP contribution in [-0.4, -0.2) is 24.5 Å². The monoisotopic (exact) mass is 252 g/mol. The van der Waals surface area contributed by atoms with Crippen molar-refractivity contribution in [2.75, 3.05) is 19.6 Å². The van der Waals surface area contributed by atoms with Gasteiger partial charge in [0.2, 0.25) is 0 Å². The summed E-state index contributed by atoms with van der Waals surface area (Å²) in [7, 11) is 0. The van der Waals surface area contributed by atoms with Crippen molar-refractivity contribution in [3.05, 3.63) is 34.9 Å². The van der Waals surface area contributed by atoms with Crippen LogP contribution in [0.2, 0.25) is 5.02 Å². The van der Waals surface area contributed by atoms with E-state index in [4.69, 9.17) is 17.3 Å². The minimum atomic E-state index is 0.102. The van der Waals surface area contributed by atoms with Gasteiger partial charge in [0.15, 0.2) is 0 Å². The largest absolute Gasteiger partial charge is 0.323 e. The molecule has 0 aliphatic carbocycles. The molecule has 17 heavy (non-hydrogen) atoms. The third-order valence-electron chi connectivity index (χ3n) is 3.45. The molecule has 1 saturated heterocycles. The van der Waals surface area contributed by atoms with Crippen molar-refractivity contribution < 1.29 is 0 Å². The Morgan fingerprint density at radius 1 is 1.06 bits per heavy atom. The molecule has 0 radical (unpaired) electrons. The minimum absolute atomic E-state index is 0.102. The molecule has 94 valence electrons. The first-order valence-corrected chi connectivity index (χ1v) is 6.87. The van der Waals surface area contributed by atoms with Gasteiger partial charge < -0.3 is 10.6 Å². The Morgan fingerprint density at radius 3 is 2.24 bits per heavy atom. The van der Waals surface area contributed by atoms with E-state index < -0.39 is 0 Å². The maximum Gasteiger partial charge on any atom is 0.0424 e. The standard InChI is InChI=1S/C14H21ClN2/c15-13-7-5-12(6-8-13)14(16)11-17-9-3-1-2-4-10-17/h5-8,14H,1-4,9-11,16H2. The van der Waals surface area contributed by atoms with Crippen LogP contribution in [0.1, 0.15) is 37.3 Å². The fourth-order valence-electron chi connectivity index (χ4n) is 2.41. The first-order chi connectivity index (χ1) is 8.25. The van der Waals surface area contributed by atoms with Crippen molar-refractivity contribution in [2.24, 2.45) is 5.73 Å². The lowest BCUT2D eigenvalue weighted by Gasteiger charge is -2.24. The van der Waals surface area contributed by atoms with Crippen LogP contribution in [0.3, 0.4) is 0 Å². The number of rotatable bonds is 3. The van der Waals surface area contributed by atoms with Gasteiger partial charge in [0.1, 0.15) is 0 Å². The molecule has 1 unspecified atom stereocenters. The summed E-state index contributed by atoms with van der Waals surface area (Å²) in [6.45, 7) is 3.35. The van der Waals surface area contributed by atoms with Crippen molar-refractivity contribution in [1.82, 2.24) is 4.90 Å². The average Bonchev–Trinajstić information content (AvgIpc) is 2.58. The number of halogens is 1. The van der Waals surface area contributed by atoms with E-state index in [-0.39, 0.29) is 6.04 Å². The van der Waals surface area contributed by atoms with E-state index in [1.807, 2.05) is 24.3 Å². The summed E-state index contributed by atoms with van der Waals surface area (Å²) in [5, 5.41) is 0.774. The van der Waals surface area contributed by atoms with E-state index in [9.17, 15) is 0 Å². The summed E-state index contributed by atoms with van der Waals surface area (Å²) < 4.78 is 0. The SMILES string of the molecule is NC(CN1CCCCCC1)c1ccc(Cl)cc1. The van der Waals surface area contributed by atoms with Crippen LogP contribution in [0.25, 0.3) is 0 Å². The van der Waals surface area contributed by atoms with E-state index in [2.05, 4.69) is 4.90 Å². The Morgan fingerprint density at radius 2 is 1.65 bits per heavy atom. The smallest absolute Gasteiger partial charge is 0.0424 e. The predicted octanol–water partition coefficient (Wildman–Crippen LogP) is 3.22. The number of nitrogens with zero attached hydrogens (tertiary/aromatic N) is 1. The summed E-state index contributed by atoms with van der Waals surface area (Å²) >= 11 is 5.88. The van der Waals surface area contributed by atoms with Crippen LogP contribution in [-0.2, 0) is 0 Å². The predicted molar refractivity (Wildman–Crippen MR) is 73.3 cm³/mol. The van der Waals surface area contributed by atoms with Crippen molar-refractivity contribution in [1.29, 1.82) is 0 Å². The van der Waals surface area contributed by atoms with Crippen molar-refractivity contribution in [2.45, 2.75) is 31.7 Å². The molecule has 1 heterocycles. The normalized spacial score (nSPS) is 19.9. The number of likely N-dealkylation sites (tertiary alicyclic amines) is 1. The van der Waals surface area contributed by atoms with E-state index in [1.165, 1.54) is 44.3 Å². The van der Waals surface area contributed by atoms with Gasteiger partial charge in [-0.2, -0.15) is 0 Å². The minimum Gasteiger partial charge on any atom is -0.323 e. The molecular formula is C14H21ClN2. The second-order valence-corrected chi connectivity index (χ2v) is 5.31. The zero-order chi connectivity index (χ0) is 12.1. The quantitative estimate of drug-likeness (QED) is 0.895. The van der Waals surface area contributed by atoms with E-state index in [0.717, 1.165) is 11.6 Å². The van der Waals surface area contributed by atoms with Gasteiger partial charge in [-0.1, -0.05) is 36.6 Å². The van der Waals surface area contributed by atoms with Crippen molar-refractivity contribution in [3.8, 4) is 0 Å². The lowest BCUT2D eigenvalue weighted by molar-refractivity contribution is 0.268. The van der Waals surface area contributed by atoms with Crippen molar-refractivity contribution >= 4 is 11.6 Å². The highest BCUT2D eigenvalue weighted by molar-refractivity contribution is 6.30. The molecule has 2 N–H and O–H groups in total. The summed E-state index contributed by atoms with van der Waals surface area (Å²) in [4.78, 5) is 2.49. The summed E-state index contributed by atoms with van der Waals surface area (Å²) in [5.74, 6) is 0. The third-order valence-corrected chi connectivity index (χ3v) is 3.70. The Balaban J connectivity index is 1.91. The zero-order valence-corrected chi connectivity index (χ0v) is 11.0. The van der Waals surface area contributed by atoms with Crippen LogP contribution in [0, 0.1) is 0 Å². The maximum absolute atomic E-state index is 6.24. The molecule has 0 aromatic heterocycles. The van der Waals surface area contributed by atoms with E-state index >= 15 is 0 Å². The van der Waals surface area contributed by atoms with Crippen LogP contribution < -0.4 is 5.73 Å². The first kappa shape index (κ1) is 12.9. The summed E-state index contributed by atoms with van der Waals surface area (Å²) in [6.07, 6.45) is 5.36. The Kier molecular flexibility index (Phi) is 4.84. The van der Waals surface area contributed by atoms with Crippen LogP contribution in [0.15, 0.2) is 24.3 Å². The fourth-order valence-corrected chi connectivity index (χ4v) is 2.54. The van der Waals surface area contributed by atoms with Gasteiger partial charge in [0.05, 0.1) is 0 Å². The number of benzene rings is 1. The summed E-state index contributed by atoms with van der Waals surface area (Å²) in [5.41, 5.74) is 7.42. The number of nitrogens with two attached hydrogens (primary N) is 1. The van der Waals surface area contributed by atoms with Gasteiger partial charge in [-0.05, 0) is 43.6 Å². The lowest BCUT2D eigenvalue weighted by atomic mass is 10.1. The third kappa shape index (κ3) is 3.98. The Labute approximate surface area is 109 Å². The molecule has 1 aromatic carbocycles. The fraction of sp³-hybridized carbons (Fsp3) is 0.571. The topological polar surface area (TPSA) is 29.3 Å². The van der Waals surface area contributed by atoms with Crippen LogP contribution in [0.5, 0.6) is 0 Å². The van der Waals surface area contributed by atoms with Gasteiger partial charge in [-0.15, -0.1) is 0 Å². The summed E-state index contributed by atoms with van der Waals surface area (Å²) in [6, 6.07) is 8.00. The van der Waals surface area contributed by atoms with Crippen LogP contribution >= 0.6 is 11.6 Å². The Hall–Kier alpha value is -0.570. The maximum atomic E-state index is 6.24. The molecule has 0 bridgehead atoms. The lowest BCUT2D eigenvalue weighted by Crippen LogP contribution is -2.32. The molecule has 2 rings (SSSR count). The average molecular weight is 253 g/mol. The molecular weight excluding hydrogens is 232 g/mol. The van der Waals surface area contributed by atoms with E-state index in [0.29, 0.717) is 0 Å². The second kappa shape index (κ2) is 6.39. The van der Waals surface area contributed by atoms with Gasteiger partial charge in [0, 0.05) is 17.6 Å². The highest BCUT2D eigenvalue weighted by atomic mass is 35.5. The number of hydrogen-bond donors (Lipinski definition) is 1.